The molecule has 3 atom stereocenters. The van der Waals surface area contributed by atoms with Gasteiger partial charge in [-0.15, -0.1) is 0 Å². The first-order valence-corrected chi connectivity index (χ1v) is 7.17. The largest absolute Gasteiger partial charge is 0.374 e. The number of carbonyl (C=O) groups excluding carboxylic acids is 1. The summed E-state index contributed by atoms with van der Waals surface area (Å²) in [5.74, 6) is 0.521. The summed E-state index contributed by atoms with van der Waals surface area (Å²) in [5.41, 5.74) is 0.533. The van der Waals surface area contributed by atoms with Gasteiger partial charge in [-0.25, -0.2) is 0 Å². The average Bonchev–Trinajstić information content (AvgIpc) is 2.95. The van der Waals surface area contributed by atoms with E-state index in [-0.39, 0.29) is 24.2 Å². The normalized spacial score (nSPS) is 29.5. The Kier molecular flexibility index (Phi) is 3.76. The molecule has 6 heteroatoms. The quantitative estimate of drug-likeness (QED) is 0.837. The molecule has 0 N–H and O–H groups in total. The van der Waals surface area contributed by atoms with E-state index in [0.29, 0.717) is 31.1 Å². The summed E-state index contributed by atoms with van der Waals surface area (Å²) in [6.07, 6.45) is 3.45. The predicted molar refractivity (Wildman–Crippen MR) is 70.5 cm³/mol. The monoisotopic (exact) mass is 280 g/mol. The van der Waals surface area contributed by atoms with Crippen LogP contribution in [0, 0.1) is 6.92 Å². The van der Waals surface area contributed by atoms with Gasteiger partial charge in [-0.05, 0) is 26.7 Å². The van der Waals surface area contributed by atoms with Crippen molar-refractivity contribution in [3.63, 3.8) is 0 Å². The van der Waals surface area contributed by atoms with Gasteiger partial charge in [0.2, 0.25) is 0 Å². The van der Waals surface area contributed by atoms with E-state index >= 15 is 0 Å². The lowest BCUT2D eigenvalue weighted by Crippen LogP contribution is -2.46. The molecule has 1 saturated carbocycles. The Labute approximate surface area is 118 Å². The molecular formula is C14H20N2O4. The van der Waals surface area contributed by atoms with E-state index in [1.54, 1.807) is 6.92 Å². The number of aromatic nitrogens is 1. The summed E-state index contributed by atoms with van der Waals surface area (Å²) in [6, 6.07) is 0.0873. The average molecular weight is 280 g/mol. The lowest BCUT2D eigenvalue weighted by molar-refractivity contribution is -0.0484. The van der Waals surface area contributed by atoms with Gasteiger partial charge in [0.05, 0.1) is 24.9 Å². The summed E-state index contributed by atoms with van der Waals surface area (Å²) >= 11 is 0. The van der Waals surface area contributed by atoms with E-state index in [4.69, 9.17) is 14.0 Å². The van der Waals surface area contributed by atoms with Crippen molar-refractivity contribution in [3.05, 3.63) is 17.5 Å². The summed E-state index contributed by atoms with van der Waals surface area (Å²) in [7, 11) is 0. The van der Waals surface area contributed by atoms with Crippen LogP contribution >= 0.6 is 0 Å². The Morgan fingerprint density at radius 1 is 1.55 bits per heavy atom. The summed E-state index contributed by atoms with van der Waals surface area (Å²) in [5, 5.41) is 3.69. The Hall–Kier alpha value is -1.40. The smallest absolute Gasteiger partial charge is 0.259 e. The van der Waals surface area contributed by atoms with Crippen LogP contribution in [0.5, 0.6) is 0 Å². The molecule has 1 amide bonds. The molecule has 1 aromatic heterocycles. The van der Waals surface area contributed by atoms with E-state index in [2.05, 4.69) is 5.16 Å². The van der Waals surface area contributed by atoms with E-state index in [9.17, 15) is 4.79 Å². The van der Waals surface area contributed by atoms with Crippen molar-refractivity contribution in [2.45, 2.75) is 44.9 Å². The van der Waals surface area contributed by atoms with Gasteiger partial charge in [0.15, 0.2) is 0 Å². The molecule has 3 unspecified atom stereocenters. The Bertz CT molecular complexity index is 487. The molecule has 0 aromatic carbocycles. The minimum Gasteiger partial charge on any atom is -0.374 e. The number of carbonyl (C=O) groups is 1. The van der Waals surface area contributed by atoms with E-state index in [1.165, 1.54) is 6.20 Å². The van der Waals surface area contributed by atoms with Crippen LogP contribution < -0.4 is 0 Å². The molecule has 110 valence electrons. The van der Waals surface area contributed by atoms with Crippen molar-refractivity contribution in [1.82, 2.24) is 10.1 Å². The third-order valence-electron chi connectivity index (χ3n) is 4.16. The third-order valence-corrected chi connectivity index (χ3v) is 4.16. The number of ether oxygens (including phenoxy) is 2. The molecule has 1 aromatic rings. The van der Waals surface area contributed by atoms with Crippen molar-refractivity contribution in [2.75, 3.05) is 19.8 Å². The van der Waals surface area contributed by atoms with E-state index < -0.39 is 0 Å². The molecule has 2 bridgehead atoms. The molecular weight excluding hydrogens is 260 g/mol. The lowest BCUT2D eigenvalue weighted by Gasteiger charge is -2.30. The first-order chi connectivity index (χ1) is 9.72. The van der Waals surface area contributed by atoms with Gasteiger partial charge in [-0.3, -0.25) is 4.79 Å². The van der Waals surface area contributed by atoms with Gasteiger partial charge in [-0.2, -0.15) is 0 Å². The Morgan fingerprint density at radius 2 is 2.40 bits per heavy atom. The molecule has 2 heterocycles. The first kappa shape index (κ1) is 13.6. The van der Waals surface area contributed by atoms with Crippen LogP contribution in [0.15, 0.2) is 10.7 Å². The van der Waals surface area contributed by atoms with Crippen LogP contribution in [0.25, 0.3) is 0 Å². The topological polar surface area (TPSA) is 64.8 Å². The van der Waals surface area contributed by atoms with Gasteiger partial charge >= 0.3 is 0 Å². The third kappa shape index (κ3) is 2.23. The maximum Gasteiger partial charge on any atom is 0.259 e. The van der Waals surface area contributed by atoms with Crippen LogP contribution in [0.1, 0.15) is 35.9 Å². The van der Waals surface area contributed by atoms with Crippen LogP contribution in [0.4, 0.5) is 0 Å². The van der Waals surface area contributed by atoms with Crippen LogP contribution in [0.3, 0.4) is 0 Å². The fourth-order valence-corrected chi connectivity index (χ4v) is 3.21. The number of aryl methyl sites for hydroxylation is 1. The van der Waals surface area contributed by atoms with Crippen LogP contribution in [0.2, 0.25) is 0 Å². The van der Waals surface area contributed by atoms with Crippen LogP contribution in [-0.4, -0.2) is 54.0 Å². The molecule has 1 aliphatic heterocycles. The second kappa shape index (κ2) is 5.54. The molecule has 2 aliphatic rings. The first-order valence-electron chi connectivity index (χ1n) is 7.17. The minimum atomic E-state index is -0.0374. The van der Waals surface area contributed by atoms with Crippen molar-refractivity contribution >= 4 is 5.91 Å². The van der Waals surface area contributed by atoms with Gasteiger partial charge in [0.1, 0.15) is 17.4 Å². The van der Waals surface area contributed by atoms with Gasteiger partial charge in [-0.1, -0.05) is 5.16 Å². The van der Waals surface area contributed by atoms with Crippen molar-refractivity contribution in [2.24, 2.45) is 0 Å². The van der Waals surface area contributed by atoms with Crippen molar-refractivity contribution < 1.29 is 18.8 Å². The van der Waals surface area contributed by atoms with Gasteiger partial charge < -0.3 is 18.9 Å². The number of hydrogen-bond acceptors (Lipinski definition) is 5. The predicted octanol–water partition coefficient (Wildman–Crippen LogP) is 1.39. The SMILES string of the molecule is CCOC1C2CCC1N(C(=O)c1cnoc1C)CCO2. The van der Waals surface area contributed by atoms with Crippen LogP contribution in [-0.2, 0) is 9.47 Å². The summed E-state index contributed by atoms with van der Waals surface area (Å²) in [4.78, 5) is 14.6. The second-order valence-corrected chi connectivity index (χ2v) is 5.27. The number of amides is 1. The molecule has 0 radical (unpaired) electrons. The second-order valence-electron chi connectivity index (χ2n) is 5.27. The zero-order valence-electron chi connectivity index (χ0n) is 11.9. The minimum absolute atomic E-state index is 0.0217. The Morgan fingerprint density at radius 3 is 3.10 bits per heavy atom. The summed E-state index contributed by atoms with van der Waals surface area (Å²) in [6.45, 7) is 5.51. The lowest BCUT2D eigenvalue weighted by atomic mass is 10.1. The highest BCUT2D eigenvalue weighted by molar-refractivity contribution is 5.95. The molecule has 3 rings (SSSR count). The van der Waals surface area contributed by atoms with Gasteiger partial charge in [0.25, 0.3) is 5.91 Å². The highest BCUT2D eigenvalue weighted by Crippen LogP contribution is 2.33. The highest BCUT2D eigenvalue weighted by Gasteiger charge is 2.45. The molecule has 20 heavy (non-hydrogen) atoms. The highest BCUT2D eigenvalue weighted by atomic mass is 16.5. The standard InChI is InChI=1S/C14H20N2O4/c1-3-18-13-11-4-5-12(13)19-7-6-16(11)14(17)10-8-15-20-9(10)2/h8,11-13H,3-7H2,1-2H3. The molecule has 1 aliphatic carbocycles. The number of rotatable bonds is 3. The molecule has 0 spiro atoms. The van der Waals surface area contributed by atoms with E-state index in [0.717, 1.165) is 12.8 Å². The molecule has 2 fully saturated rings. The maximum absolute atomic E-state index is 12.7. The number of hydrogen-bond donors (Lipinski definition) is 0. The number of fused-ring (bicyclic) bond motifs is 2. The fourth-order valence-electron chi connectivity index (χ4n) is 3.21. The molecule has 6 nitrogen and oxygen atoms in total. The number of nitrogens with zero attached hydrogens (tertiary/aromatic N) is 2. The Balaban J connectivity index is 1.85. The zero-order valence-corrected chi connectivity index (χ0v) is 11.9. The van der Waals surface area contributed by atoms with Crippen molar-refractivity contribution in [1.29, 1.82) is 0 Å². The summed E-state index contributed by atoms with van der Waals surface area (Å²) < 4.78 is 16.7. The zero-order chi connectivity index (χ0) is 14.1. The van der Waals surface area contributed by atoms with Gasteiger partial charge in [0, 0.05) is 13.2 Å². The maximum atomic E-state index is 12.7. The fraction of sp³-hybridized carbons (Fsp3) is 0.714. The molecule has 1 saturated heterocycles. The van der Waals surface area contributed by atoms with E-state index in [1.807, 2.05) is 11.8 Å². The van der Waals surface area contributed by atoms with Crippen molar-refractivity contribution in [3.8, 4) is 0 Å².